The van der Waals surface area contributed by atoms with Crippen LogP contribution in [0.2, 0.25) is 0 Å². The second kappa shape index (κ2) is 10.4. The van der Waals surface area contributed by atoms with Crippen LogP contribution >= 0.6 is 0 Å². The van der Waals surface area contributed by atoms with Gasteiger partial charge in [0.05, 0.1) is 17.6 Å². The van der Waals surface area contributed by atoms with Crippen LogP contribution in [0.25, 0.3) is 11.0 Å². The molecule has 0 aliphatic carbocycles. The number of carbonyl (C=O) groups is 1. The normalized spacial score (nSPS) is 15.0. The molecule has 4 N–H and O–H groups in total. The van der Waals surface area contributed by atoms with E-state index in [4.69, 9.17) is 16.1 Å². The van der Waals surface area contributed by atoms with Gasteiger partial charge in [-0.15, -0.1) is 0 Å². The van der Waals surface area contributed by atoms with Gasteiger partial charge in [-0.3, -0.25) is 15.1 Å². The molecule has 2 aromatic carbocycles. The lowest BCUT2D eigenvalue weighted by atomic mass is 10.1. The largest absolute Gasteiger partial charge is 0.384 e. The van der Waals surface area contributed by atoms with Crippen LogP contribution in [0.5, 0.6) is 0 Å². The number of nitrogens with one attached hydrogen (secondary N) is 2. The topological polar surface area (TPSA) is 103 Å². The number of nitrogens with two attached hydrogens (primary N) is 1. The van der Waals surface area contributed by atoms with E-state index >= 15 is 0 Å². The predicted molar refractivity (Wildman–Crippen MR) is 138 cm³/mol. The fourth-order valence-electron chi connectivity index (χ4n) is 4.60. The number of likely N-dealkylation sites (N-methyl/N-ethyl adjacent to an activating group) is 1. The molecule has 4 rings (SSSR count). The summed E-state index contributed by atoms with van der Waals surface area (Å²) >= 11 is 0. The maximum Gasteiger partial charge on any atom is 0.240 e. The number of likely N-dealkylation sites (tertiary alicyclic amines) is 1. The predicted octanol–water partition coefficient (Wildman–Crippen LogP) is 2.29. The summed E-state index contributed by atoms with van der Waals surface area (Å²) in [5, 5.41) is 10.9. The van der Waals surface area contributed by atoms with Crippen LogP contribution in [0.15, 0.2) is 42.5 Å². The number of piperidine rings is 1. The molecule has 0 saturated carbocycles. The summed E-state index contributed by atoms with van der Waals surface area (Å²) in [6, 6.07) is 14.4. The first-order valence-electron chi connectivity index (χ1n) is 11.9. The first-order chi connectivity index (χ1) is 16.4. The van der Waals surface area contributed by atoms with Crippen LogP contribution in [-0.2, 0) is 24.7 Å². The molecule has 8 nitrogen and oxygen atoms in total. The van der Waals surface area contributed by atoms with Gasteiger partial charge in [0, 0.05) is 50.9 Å². The molecule has 3 aromatic rings. The van der Waals surface area contributed by atoms with Crippen LogP contribution in [0, 0.1) is 5.41 Å². The standard InChI is InChI=1S/C26H35N7O/c1-29-20-12-14-33(15-13-20)17-25(34)31(2)21-9-10-23-22(16-21)30-24(32(23)3)11-6-18-4-7-19(8-5-18)26(27)28/h4-5,7-10,16,20,29H,6,11-15,17H2,1-3H3,(H3,27,28). The van der Waals surface area contributed by atoms with Gasteiger partial charge in [0.1, 0.15) is 11.7 Å². The number of amidine groups is 1. The Bertz CT molecular complexity index is 1160. The van der Waals surface area contributed by atoms with E-state index in [2.05, 4.69) is 14.8 Å². The number of fused-ring (bicyclic) bond motifs is 1. The molecule has 1 saturated heterocycles. The van der Waals surface area contributed by atoms with Gasteiger partial charge in [-0.2, -0.15) is 0 Å². The quantitative estimate of drug-likeness (QED) is 0.353. The highest BCUT2D eigenvalue weighted by Crippen LogP contribution is 2.23. The summed E-state index contributed by atoms with van der Waals surface area (Å²) in [7, 11) is 5.89. The van der Waals surface area contributed by atoms with E-state index < -0.39 is 0 Å². The van der Waals surface area contributed by atoms with Crippen molar-refractivity contribution in [3.63, 3.8) is 0 Å². The molecule has 2 heterocycles. The van der Waals surface area contributed by atoms with E-state index in [1.54, 1.807) is 4.90 Å². The molecule has 0 unspecified atom stereocenters. The Morgan fingerprint density at radius 3 is 2.53 bits per heavy atom. The van der Waals surface area contributed by atoms with Crippen LogP contribution in [-0.4, -0.2) is 66.0 Å². The molecule has 1 aromatic heterocycles. The number of amides is 1. The number of aromatic nitrogens is 2. The molecular formula is C26H35N7O. The van der Waals surface area contributed by atoms with Gasteiger partial charge in [-0.05, 0) is 50.1 Å². The van der Waals surface area contributed by atoms with Crippen molar-refractivity contribution in [3.8, 4) is 0 Å². The highest BCUT2D eigenvalue weighted by Gasteiger charge is 2.22. The Hall–Kier alpha value is -3.23. The molecule has 1 aliphatic rings. The van der Waals surface area contributed by atoms with Crippen molar-refractivity contribution < 1.29 is 4.79 Å². The van der Waals surface area contributed by atoms with Gasteiger partial charge in [-0.25, -0.2) is 4.98 Å². The molecule has 1 fully saturated rings. The van der Waals surface area contributed by atoms with Crippen molar-refractivity contribution in [2.24, 2.45) is 12.8 Å². The number of hydrogen-bond donors (Lipinski definition) is 3. The van der Waals surface area contributed by atoms with E-state index in [0.717, 1.165) is 66.9 Å². The number of nitrogens with zero attached hydrogens (tertiary/aromatic N) is 4. The molecule has 0 radical (unpaired) electrons. The lowest BCUT2D eigenvalue weighted by Crippen LogP contribution is -2.45. The van der Waals surface area contributed by atoms with Crippen molar-refractivity contribution in [2.45, 2.75) is 31.7 Å². The first kappa shape index (κ1) is 23.9. The van der Waals surface area contributed by atoms with Gasteiger partial charge in [0.25, 0.3) is 0 Å². The Morgan fingerprint density at radius 1 is 1.18 bits per heavy atom. The van der Waals surface area contributed by atoms with Gasteiger partial charge in [-0.1, -0.05) is 24.3 Å². The number of anilines is 1. The van der Waals surface area contributed by atoms with Crippen molar-refractivity contribution in [1.29, 1.82) is 5.41 Å². The molecular weight excluding hydrogens is 426 g/mol. The van der Waals surface area contributed by atoms with Crippen LogP contribution in [0.3, 0.4) is 0 Å². The number of carbonyl (C=O) groups excluding carboxylic acids is 1. The number of benzene rings is 2. The number of imidazole rings is 1. The lowest BCUT2D eigenvalue weighted by molar-refractivity contribution is -0.119. The molecule has 1 aliphatic heterocycles. The maximum atomic E-state index is 12.9. The van der Waals surface area contributed by atoms with Crippen LogP contribution in [0.1, 0.15) is 29.8 Å². The smallest absolute Gasteiger partial charge is 0.240 e. The maximum absolute atomic E-state index is 12.9. The number of nitrogen functional groups attached to an aromatic ring is 1. The Morgan fingerprint density at radius 2 is 1.88 bits per heavy atom. The van der Waals surface area contributed by atoms with Crippen molar-refractivity contribution in [2.75, 3.05) is 38.6 Å². The molecule has 34 heavy (non-hydrogen) atoms. The minimum atomic E-state index is 0.0829. The third kappa shape index (κ3) is 5.29. The summed E-state index contributed by atoms with van der Waals surface area (Å²) in [5.74, 6) is 1.19. The monoisotopic (exact) mass is 461 g/mol. The minimum Gasteiger partial charge on any atom is -0.384 e. The van der Waals surface area contributed by atoms with E-state index in [1.165, 1.54) is 5.56 Å². The molecule has 0 atom stereocenters. The highest BCUT2D eigenvalue weighted by molar-refractivity contribution is 5.96. The number of aryl methyl sites for hydroxylation is 3. The second-order valence-electron chi connectivity index (χ2n) is 9.16. The molecule has 0 spiro atoms. The van der Waals surface area contributed by atoms with Gasteiger partial charge in [0.2, 0.25) is 5.91 Å². The van der Waals surface area contributed by atoms with E-state index in [1.807, 2.05) is 63.6 Å². The van der Waals surface area contributed by atoms with E-state index in [0.29, 0.717) is 12.6 Å². The fraction of sp³-hybridized carbons (Fsp3) is 0.423. The Kier molecular flexibility index (Phi) is 7.29. The third-order valence-electron chi connectivity index (χ3n) is 6.98. The Balaban J connectivity index is 1.41. The second-order valence-corrected chi connectivity index (χ2v) is 9.16. The van der Waals surface area contributed by atoms with E-state index in [-0.39, 0.29) is 11.7 Å². The zero-order valence-electron chi connectivity index (χ0n) is 20.3. The van der Waals surface area contributed by atoms with Gasteiger partial charge in [0.15, 0.2) is 0 Å². The number of rotatable bonds is 8. The van der Waals surface area contributed by atoms with Crippen molar-refractivity contribution in [3.05, 3.63) is 59.4 Å². The minimum absolute atomic E-state index is 0.0829. The molecule has 1 amide bonds. The first-order valence-corrected chi connectivity index (χ1v) is 11.9. The molecule has 8 heteroatoms. The average Bonchev–Trinajstić information content (AvgIpc) is 3.17. The summed E-state index contributed by atoms with van der Waals surface area (Å²) in [5.41, 5.74) is 10.3. The summed E-state index contributed by atoms with van der Waals surface area (Å²) in [4.78, 5) is 21.8. The Labute approximate surface area is 201 Å². The van der Waals surface area contributed by atoms with Crippen LogP contribution in [0.4, 0.5) is 5.69 Å². The fourth-order valence-corrected chi connectivity index (χ4v) is 4.60. The zero-order chi connectivity index (χ0) is 24.2. The average molecular weight is 462 g/mol. The summed E-state index contributed by atoms with van der Waals surface area (Å²) in [6.45, 7) is 2.34. The summed E-state index contributed by atoms with van der Waals surface area (Å²) < 4.78 is 2.12. The summed E-state index contributed by atoms with van der Waals surface area (Å²) in [6.07, 6.45) is 3.82. The SMILES string of the molecule is CNC1CCN(CC(=O)N(C)c2ccc3c(c2)nc(CCc2ccc(C(=N)N)cc2)n3C)CC1. The highest BCUT2D eigenvalue weighted by atomic mass is 16.2. The van der Waals surface area contributed by atoms with E-state index in [9.17, 15) is 4.79 Å². The van der Waals surface area contributed by atoms with Crippen molar-refractivity contribution in [1.82, 2.24) is 19.8 Å². The molecule has 180 valence electrons. The molecule has 0 bridgehead atoms. The zero-order valence-corrected chi connectivity index (χ0v) is 20.3. The van der Waals surface area contributed by atoms with Gasteiger partial charge < -0.3 is 20.5 Å². The third-order valence-corrected chi connectivity index (χ3v) is 6.98. The van der Waals surface area contributed by atoms with Crippen molar-refractivity contribution >= 4 is 28.5 Å². The lowest BCUT2D eigenvalue weighted by Gasteiger charge is -2.32. The van der Waals surface area contributed by atoms with Crippen LogP contribution < -0.4 is 16.0 Å². The number of hydrogen-bond acceptors (Lipinski definition) is 5. The van der Waals surface area contributed by atoms with Gasteiger partial charge >= 0.3 is 0 Å².